The van der Waals surface area contributed by atoms with Gasteiger partial charge >= 0.3 is 0 Å². The van der Waals surface area contributed by atoms with Gasteiger partial charge in [-0.25, -0.2) is 0 Å². The number of rotatable bonds is 5. The van der Waals surface area contributed by atoms with E-state index in [1.165, 1.54) is 5.56 Å². The quantitative estimate of drug-likeness (QED) is 0.622. The standard InChI is InChI=1S/C14H20N6/c1-15-14(17-10-13-19-18-11-20(13)2)16-9-8-12-6-4-3-5-7-12/h3-7,11H,8-10H2,1-2H3,(H2,15,16,17). The highest BCUT2D eigenvalue weighted by Gasteiger charge is 2.02. The fraction of sp³-hybridized carbons (Fsp3) is 0.357. The fourth-order valence-electron chi connectivity index (χ4n) is 1.82. The molecule has 0 amide bonds. The Morgan fingerprint density at radius 1 is 1.25 bits per heavy atom. The van der Waals surface area contributed by atoms with Gasteiger partial charge in [-0.05, 0) is 12.0 Å². The molecular weight excluding hydrogens is 252 g/mol. The van der Waals surface area contributed by atoms with Crippen LogP contribution in [0.4, 0.5) is 0 Å². The van der Waals surface area contributed by atoms with Crippen molar-refractivity contribution in [1.29, 1.82) is 0 Å². The zero-order chi connectivity index (χ0) is 14.2. The molecule has 0 radical (unpaired) electrons. The molecule has 6 heteroatoms. The highest BCUT2D eigenvalue weighted by atomic mass is 15.3. The number of benzene rings is 1. The van der Waals surface area contributed by atoms with Crippen molar-refractivity contribution in [2.75, 3.05) is 13.6 Å². The van der Waals surface area contributed by atoms with E-state index in [4.69, 9.17) is 0 Å². The minimum absolute atomic E-state index is 0.599. The van der Waals surface area contributed by atoms with Gasteiger partial charge in [0.15, 0.2) is 11.8 Å². The largest absolute Gasteiger partial charge is 0.356 e. The van der Waals surface area contributed by atoms with Crippen molar-refractivity contribution < 1.29 is 0 Å². The molecule has 0 saturated carbocycles. The summed E-state index contributed by atoms with van der Waals surface area (Å²) in [6, 6.07) is 10.4. The molecule has 0 atom stereocenters. The third-order valence-corrected chi connectivity index (χ3v) is 2.99. The van der Waals surface area contributed by atoms with Crippen molar-refractivity contribution in [3.8, 4) is 0 Å². The van der Waals surface area contributed by atoms with Gasteiger partial charge in [0.1, 0.15) is 6.33 Å². The zero-order valence-electron chi connectivity index (χ0n) is 11.9. The third-order valence-electron chi connectivity index (χ3n) is 2.99. The Balaban J connectivity index is 1.74. The van der Waals surface area contributed by atoms with Gasteiger partial charge in [-0.15, -0.1) is 10.2 Å². The van der Waals surface area contributed by atoms with Crippen molar-refractivity contribution >= 4 is 5.96 Å². The molecule has 0 aliphatic rings. The highest BCUT2D eigenvalue weighted by molar-refractivity contribution is 5.79. The molecule has 0 aliphatic carbocycles. The highest BCUT2D eigenvalue weighted by Crippen LogP contribution is 1.98. The summed E-state index contributed by atoms with van der Waals surface area (Å²) >= 11 is 0. The number of hydrogen-bond acceptors (Lipinski definition) is 3. The van der Waals surface area contributed by atoms with Gasteiger partial charge in [0.2, 0.25) is 0 Å². The number of aryl methyl sites for hydroxylation is 1. The predicted octanol–water partition coefficient (Wildman–Crippen LogP) is 0.723. The first-order valence-corrected chi connectivity index (χ1v) is 6.61. The van der Waals surface area contributed by atoms with Crippen LogP contribution in [0, 0.1) is 0 Å². The Kier molecular flexibility index (Phi) is 5.11. The molecule has 2 N–H and O–H groups in total. The summed E-state index contributed by atoms with van der Waals surface area (Å²) in [5, 5.41) is 14.4. The Morgan fingerprint density at radius 2 is 2.05 bits per heavy atom. The number of guanidine groups is 1. The van der Waals surface area contributed by atoms with Crippen molar-refractivity contribution in [1.82, 2.24) is 25.4 Å². The second-order valence-electron chi connectivity index (χ2n) is 4.45. The molecule has 0 spiro atoms. The molecule has 0 aliphatic heterocycles. The molecule has 0 unspecified atom stereocenters. The molecule has 1 heterocycles. The molecule has 106 valence electrons. The smallest absolute Gasteiger partial charge is 0.191 e. The van der Waals surface area contributed by atoms with E-state index in [-0.39, 0.29) is 0 Å². The molecular formula is C14H20N6. The molecule has 2 aromatic rings. The van der Waals surface area contributed by atoms with Crippen LogP contribution in [-0.2, 0) is 20.0 Å². The maximum atomic E-state index is 4.19. The monoisotopic (exact) mass is 272 g/mol. The van der Waals surface area contributed by atoms with Crippen LogP contribution in [0.1, 0.15) is 11.4 Å². The van der Waals surface area contributed by atoms with Crippen LogP contribution in [0.3, 0.4) is 0 Å². The van der Waals surface area contributed by atoms with Crippen LogP contribution in [0.15, 0.2) is 41.7 Å². The lowest BCUT2D eigenvalue weighted by atomic mass is 10.1. The lowest BCUT2D eigenvalue weighted by Gasteiger charge is -2.11. The number of nitrogens with zero attached hydrogens (tertiary/aromatic N) is 4. The lowest BCUT2D eigenvalue weighted by Crippen LogP contribution is -2.38. The van der Waals surface area contributed by atoms with Crippen LogP contribution < -0.4 is 10.6 Å². The van der Waals surface area contributed by atoms with Gasteiger partial charge in [-0.3, -0.25) is 4.99 Å². The minimum atomic E-state index is 0.599. The van der Waals surface area contributed by atoms with Crippen LogP contribution >= 0.6 is 0 Å². The van der Waals surface area contributed by atoms with Gasteiger partial charge in [0, 0.05) is 20.6 Å². The summed E-state index contributed by atoms with van der Waals surface area (Å²) < 4.78 is 1.88. The summed E-state index contributed by atoms with van der Waals surface area (Å²) in [5.41, 5.74) is 1.31. The van der Waals surface area contributed by atoms with Gasteiger partial charge < -0.3 is 15.2 Å². The minimum Gasteiger partial charge on any atom is -0.356 e. The Bertz CT molecular complexity index is 546. The number of hydrogen-bond donors (Lipinski definition) is 2. The average Bonchev–Trinajstić information content (AvgIpc) is 2.89. The van der Waals surface area contributed by atoms with E-state index in [1.807, 2.05) is 17.7 Å². The number of aromatic nitrogens is 3. The fourth-order valence-corrected chi connectivity index (χ4v) is 1.82. The maximum Gasteiger partial charge on any atom is 0.191 e. The first-order valence-electron chi connectivity index (χ1n) is 6.61. The van der Waals surface area contributed by atoms with Crippen molar-refractivity contribution in [3.05, 3.63) is 48.0 Å². The molecule has 20 heavy (non-hydrogen) atoms. The van der Waals surface area contributed by atoms with Crippen LogP contribution in [0.25, 0.3) is 0 Å². The van der Waals surface area contributed by atoms with E-state index in [9.17, 15) is 0 Å². The van der Waals surface area contributed by atoms with E-state index in [0.717, 1.165) is 24.7 Å². The van der Waals surface area contributed by atoms with Crippen molar-refractivity contribution in [2.24, 2.45) is 12.0 Å². The van der Waals surface area contributed by atoms with E-state index >= 15 is 0 Å². The second-order valence-corrected chi connectivity index (χ2v) is 4.45. The zero-order valence-corrected chi connectivity index (χ0v) is 11.9. The summed E-state index contributed by atoms with van der Waals surface area (Å²) in [5.74, 6) is 1.64. The van der Waals surface area contributed by atoms with E-state index < -0.39 is 0 Å². The SMILES string of the molecule is CN=C(NCCc1ccccc1)NCc1nncn1C. The average molecular weight is 272 g/mol. The molecule has 0 fully saturated rings. The summed E-state index contributed by atoms with van der Waals surface area (Å²) in [6.45, 7) is 1.43. The topological polar surface area (TPSA) is 67.1 Å². The van der Waals surface area contributed by atoms with E-state index in [1.54, 1.807) is 13.4 Å². The van der Waals surface area contributed by atoms with Crippen LogP contribution in [0.5, 0.6) is 0 Å². The molecule has 6 nitrogen and oxygen atoms in total. The summed E-state index contributed by atoms with van der Waals surface area (Å²) in [6.07, 6.45) is 2.65. The van der Waals surface area contributed by atoms with Gasteiger partial charge in [-0.2, -0.15) is 0 Å². The normalized spacial score (nSPS) is 11.4. The first kappa shape index (κ1) is 14.0. The Hall–Kier alpha value is -2.37. The van der Waals surface area contributed by atoms with E-state index in [2.05, 4.69) is 50.1 Å². The first-order chi connectivity index (χ1) is 9.79. The van der Waals surface area contributed by atoms with Crippen molar-refractivity contribution in [3.63, 3.8) is 0 Å². The van der Waals surface area contributed by atoms with Gasteiger partial charge in [0.25, 0.3) is 0 Å². The van der Waals surface area contributed by atoms with E-state index in [0.29, 0.717) is 6.54 Å². The number of aliphatic imine (C=N–C) groups is 1. The van der Waals surface area contributed by atoms with Crippen LogP contribution in [0.2, 0.25) is 0 Å². The Morgan fingerprint density at radius 3 is 2.70 bits per heavy atom. The molecule has 0 bridgehead atoms. The maximum absolute atomic E-state index is 4.19. The molecule has 2 rings (SSSR count). The summed E-state index contributed by atoms with van der Waals surface area (Å²) in [7, 11) is 3.68. The molecule has 0 saturated heterocycles. The second kappa shape index (κ2) is 7.28. The van der Waals surface area contributed by atoms with Crippen molar-refractivity contribution in [2.45, 2.75) is 13.0 Å². The molecule has 1 aromatic carbocycles. The molecule has 1 aromatic heterocycles. The Labute approximate surface area is 119 Å². The predicted molar refractivity (Wildman–Crippen MR) is 79.4 cm³/mol. The van der Waals surface area contributed by atoms with Gasteiger partial charge in [0.05, 0.1) is 6.54 Å². The van der Waals surface area contributed by atoms with Crippen LogP contribution in [-0.4, -0.2) is 34.3 Å². The lowest BCUT2D eigenvalue weighted by molar-refractivity contribution is 0.723. The number of nitrogens with one attached hydrogen (secondary N) is 2. The third kappa shape index (κ3) is 4.08. The summed E-state index contributed by atoms with van der Waals surface area (Å²) in [4.78, 5) is 4.19. The van der Waals surface area contributed by atoms with Gasteiger partial charge in [-0.1, -0.05) is 30.3 Å².